The molecular formula is C21H18N4O5. The third-order valence-electron chi connectivity index (χ3n) is 4.58. The lowest BCUT2D eigenvalue weighted by molar-refractivity contribution is -0.113. The van der Waals surface area contributed by atoms with E-state index in [9.17, 15) is 9.59 Å². The first kappa shape index (κ1) is 19.2. The van der Waals surface area contributed by atoms with E-state index in [1.54, 1.807) is 42.5 Å². The predicted molar refractivity (Wildman–Crippen MR) is 109 cm³/mol. The van der Waals surface area contributed by atoms with Crippen LogP contribution in [0, 0.1) is 0 Å². The lowest BCUT2D eigenvalue weighted by Gasteiger charge is -2.17. The van der Waals surface area contributed by atoms with Crippen LogP contribution in [0.15, 0.2) is 48.7 Å². The molecule has 0 unspecified atom stereocenters. The van der Waals surface area contributed by atoms with Crippen molar-refractivity contribution < 1.29 is 23.8 Å². The molecule has 2 heterocycles. The van der Waals surface area contributed by atoms with Gasteiger partial charge in [0.25, 0.3) is 5.78 Å². The van der Waals surface area contributed by atoms with Crippen LogP contribution in [0.5, 0.6) is 17.2 Å². The van der Waals surface area contributed by atoms with Crippen molar-refractivity contribution >= 4 is 34.8 Å². The smallest absolute Gasteiger partial charge is 0.305 e. The molecule has 0 radical (unpaired) electrons. The summed E-state index contributed by atoms with van der Waals surface area (Å²) in [6.07, 6.45) is 1.50. The molecule has 0 fully saturated rings. The van der Waals surface area contributed by atoms with Crippen molar-refractivity contribution in [3.05, 3.63) is 54.2 Å². The second-order valence-corrected chi connectivity index (χ2v) is 6.26. The van der Waals surface area contributed by atoms with E-state index < -0.39 is 11.7 Å². The molecule has 1 N–H and O–H groups in total. The first-order valence-corrected chi connectivity index (χ1v) is 8.95. The predicted octanol–water partition coefficient (Wildman–Crippen LogP) is 3.11. The molecule has 30 heavy (non-hydrogen) atoms. The summed E-state index contributed by atoms with van der Waals surface area (Å²) in [4.78, 5) is 34.7. The van der Waals surface area contributed by atoms with E-state index in [4.69, 9.17) is 14.2 Å². The molecule has 1 amide bonds. The van der Waals surface area contributed by atoms with Gasteiger partial charge in [-0.05, 0) is 12.1 Å². The number of ether oxygens (including phenoxy) is 3. The number of hydrogen-bond acceptors (Lipinski definition) is 8. The minimum atomic E-state index is -0.659. The number of ketones is 1. The highest BCUT2D eigenvalue weighted by atomic mass is 16.5. The monoisotopic (exact) mass is 406 g/mol. The van der Waals surface area contributed by atoms with Gasteiger partial charge in [0, 0.05) is 30.1 Å². The summed E-state index contributed by atoms with van der Waals surface area (Å²) >= 11 is 0. The number of nitrogens with one attached hydrogen (secondary N) is 1. The fraction of sp³-hybridized carbons (Fsp3) is 0.143. The zero-order valence-electron chi connectivity index (χ0n) is 16.5. The number of anilines is 4. The molecule has 3 aromatic rings. The normalized spacial score (nSPS) is 12.6. The quantitative estimate of drug-likeness (QED) is 0.623. The number of methoxy groups -OCH3 is 3. The van der Waals surface area contributed by atoms with Gasteiger partial charge in [-0.25, -0.2) is 4.98 Å². The van der Waals surface area contributed by atoms with Crippen LogP contribution in [-0.4, -0.2) is 43.0 Å². The third-order valence-corrected chi connectivity index (χ3v) is 4.58. The molecule has 0 saturated carbocycles. The molecule has 9 heteroatoms. The van der Waals surface area contributed by atoms with Gasteiger partial charge in [-0.1, -0.05) is 12.1 Å². The largest absolute Gasteiger partial charge is 0.493 e. The van der Waals surface area contributed by atoms with Gasteiger partial charge in [0.05, 0.1) is 32.6 Å². The summed E-state index contributed by atoms with van der Waals surface area (Å²) in [7, 11) is 4.56. The number of para-hydroxylation sites is 1. The summed E-state index contributed by atoms with van der Waals surface area (Å²) in [6.45, 7) is 0. The average molecular weight is 406 g/mol. The minimum absolute atomic E-state index is 0.228. The molecule has 0 bridgehead atoms. The first-order valence-electron chi connectivity index (χ1n) is 8.95. The zero-order chi connectivity index (χ0) is 21.3. The highest BCUT2D eigenvalue weighted by Gasteiger charge is 2.37. The van der Waals surface area contributed by atoms with E-state index in [1.165, 1.54) is 32.4 Å². The number of amides is 1. The van der Waals surface area contributed by atoms with Gasteiger partial charge in [0.2, 0.25) is 11.7 Å². The molecule has 0 spiro atoms. The summed E-state index contributed by atoms with van der Waals surface area (Å²) in [5.41, 5.74) is 1.43. The molecule has 9 nitrogen and oxygen atoms in total. The number of benzene rings is 2. The van der Waals surface area contributed by atoms with Gasteiger partial charge in [0.15, 0.2) is 11.5 Å². The Balaban J connectivity index is 1.69. The van der Waals surface area contributed by atoms with Crippen LogP contribution in [0.1, 0.15) is 10.4 Å². The standard InChI is InChI=1S/C21H18N4O5/c1-28-15-10-12(11-16(29-2)19(15)30-3)23-21-22-9-8-17(24-21)25-14-7-5-4-6-13(14)18(26)20(25)27/h4-11H,1-3H3,(H,22,23,24). The van der Waals surface area contributed by atoms with E-state index in [-0.39, 0.29) is 11.8 Å². The Morgan fingerprint density at radius 3 is 2.30 bits per heavy atom. The van der Waals surface area contributed by atoms with Crippen LogP contribution in [0.4, 0.5) is 23.1 Å². The number of carbonyl (C=O) groups is 2. The summed E-state index contributed by atoms with van der Waals surface area (Å²) in [5.74, 6) is 0.666. The van der Waals surface area contributed by atoms with Crippen molar-refractivity contribution in [2.45, 2.75) is 0 Å². The number of rotatable bonds is 6. The molecule has 0 saturated heterocycles. The topological polar surface area (TPSA) is 103 Å². The number of aromatic nitrogens is 2. The minimum Gasteiger partial charge on any atom is -0.493 e. The van der Waals surface area contributed by atoms with Gasteiger partial charge in [-0.15, -0.1) is 0 Å². The Bertz CT molecular complexity index is 1120. The molecule has 1 aliphatic rings. The van der Waals surface area contributed by atoms with Crippen LogP contribution in [0.3, 0.4) is 0 Å². The van der Waals surface area contributed by atoms with Gasteiger partial charge in [-0.2, -0.15) is 4.98 Å². The highest BCUT2D eigenvalue weighted by molar-refractivity contribution is 6.53. The number of nitrogens with zero attached hydrogens (tertiary/aromatic N) is 3. The molecule has 2 aromatic carbocycles. The molecule has 152 valence electrons. The van der Waals surface area contributed by atoms with Gasteiger partial charge < -0.3 is 19.5 Å². The molecular weight excluding hydrogens is 388 g/mol. The van der Waals surface area contributed by atoms with Crippen LogP contribution < -0.4 is 24.4 Å². The van der Waals surface area contributed by atoms with E-state index in [0.29, 0.717) is 34.2 Å². The molecule has 0 aliphatic carbocycles. The Morgan fingerprint density at radius 1 is 0.933 bits per heavy atom. The fourth-order valence-corrected chi connectivity index (χ4v) is 3.23. The van der Waals surface area contributed by atoms with E-state index >= 15 is 0 Å². The average Bonchev–Trinajstić information content (AvgIpc) is 3.03. The Morgan fingerprint density at radius 2 is 1.63 bits per heavy atom. The van der Waals surface area contributed by atoms with Gasteiger partial charge >= 0.3 is 5.91 Å². The maximum absolute atomic E-state index is 12.5. The summed E-state index contributed by atoms with van der Waals surface area (Å²) in [6, 6.07) is 11.8. The third kappa shape index (κ3) is 3.16. The van der Waals surface area contributed by atoms with E-state index in [2.05, 4.69) is 15.3 Å². The highest BCUT2D eigenvalue weighted by Crippen LogP contribution is 2.40. The lowest BCUT2D eigenvalue weighted by atomic mass is 10.1. The Labute approximate surface area is 172 Å². The van der Waals surface area contributed by atoms with E-state index in [1.807, 2.05) is 0 Å². The van der Waals surface area contributed by atoms with Crippen molar-refractivity contribution in [1.82, 2.24) is 9.97 Å². The SMILES string of the molecule is COc1cc(Nc2nccc(N3C(=O)C(=O)c4ccccc43)n2)cc(OC)c1OC. The van der Waals surface area contributed by atoms with Crippen LogP contribution in [0.2, 0.25) is 0 Å². The maximum Gasteiger partial charge on any atom is 0.305 e. The number of carbonyl (C=O) groups excluding carboxylic acids is 2. The Kier molecular flexibility index (Phi) is 4.93. The second-order valence-electron chi connectivity index (χ2n) is 6.26. The van der Waals surface area contributed by atoms with Crippen LogP contribution in [-0.2, 0) is 4.79 Å². The zero-order valence-corrected chi connectivity index (χ0v) is 16.5. The van der Waals surface area contributed by atoms with Gasteiger partial charge in [-0.3, -0.25) is 14.5 Å². The van der Waals surface area contributed by atoms with Crippen LogP contribution in [0.25, 0.3) is 0 Å². The fourth-order valence-electron chi connectivity index (χ4n) is 3.23. The first-order chi connectivity index (χ1) is 14.6. The van der Waals surface area contributed by atoms with Crippen molar-refractivity contribution in [1.29, 1.82) is 0 Å². The summed E-state index contributed by atoms with van der Waals surface area (Å²) in [5, 5.41) is 3.06. The number of fused-ring (bicyclic) bond motifs is 1. The maximum atomic E-state index is 12.5. The lowest BCUT2D eigenvalue weighted by Crippen LogP contribution is -2.25. The number of hydrogen-bond donors (Lipinski definition) is 1. The van der Waals surface area contributed by atoms with E-state index in [0.717, 1.165) is 0 Å². The Hall–Kier alpha value is -4.14. The second kappa shape index (κ2) is 7.70. The number of Topliss-reactive ketones (excluding diaryl/α,β-unsaturated/α-hetero) is 1. The molecule has 4 rings (SSSR count). The summed E-state index contributed by atoms with van der Waals surface area (Å²) < 4.78 is 16.0. The molecule has 1 aromatic heterocycles. The van der Waals surface area contributed by atoms with Crippen molar-refractivity contribution in [2.24, 2.45) is 0 Å². The van der Waals surface area contributed by atoms with Crippen molar-refractivity contribution in [3.63, 3.8) is 0 Å². The van der Waals surface area contributed by atoms with Crippen LogP contribution >= 0.6 is 0 Å². The molecule has 1 aliphatic heterocycles. The van der Waals surface area contributed by atoms with Crippen molar-refractivity contribution in [3.8, 4) is 17.2 Å². The van der Waals surface area contributed by atoms with Gasteiger partial charge in [0.1, 0.15) is 5.82 Å². The molecule has 0 atom stereocenters. The van der Waals surface area contributed by atoms with Crippen molar-refractivity contribution in [2.75, 3.05) is 31.5 Å².